The minimum Gasteiger partial charge on any atom is -0.360 e. The number of hydrogen-bond donors (Lipinski definition) is 2. The van der Waals surface area contributed by atoms with E-state index in [1.807, 2.05) is 12.3 Å². The molecule has 0 radical (unpaired) electrons. The maximum Gasteiger partial charge on any atom is 0.182 e. The summed E-state index contributed by atoms with van der Waals surface area (Å²) in [6.07, 6.45) is 1.97. The third kappa shape index (κ3) is 2.96. The van der Waals surface area contributed by atoms with Crippen molar-refractivity contribution in [1.29, 1.82) is 0 Å². The Balaban J connectivity index is 2.47. The first-order chi connectivity index (χ1) is 6.59. The molecule has 1 aromatic heterocycles. The van der Waals surface area contributed by atoms with Gasteiger partial charge < -0.3 is 11.1 Å². The van der Waals surface area contributed by atoms with E-state index < -0.39 is 0 Å². The maximum atomic E-state index is 6.17. The summed E-state index contributed by atoms with van der Waals surface area (Å²) in [5.74, 6) is 0. The van der Waals surface area contributed by atoms with Crippen LogP contribution in [-0.4, -0.2) is 17.1 Å². The molecule has 0 saturated heterocycles. The van der Waals surface area contributed by atoms with Gasteiger partial charge in [-0.3, -0.25) is 0 Å². The highest BCUT2D eigenvalue weighted by Gasteiger charge is 2.19. The minimum atomic E-state index is -0.0976. The van der Waals surface area contributed by atoms with Crippen molar-refractivity contribution < 1.29 is 0 Å². The average molecular weight is 213 g/mol. The van der Waals surface area contributed by atoms with Gasteiger partial charge >= 0.3 is 0 Å². The number of rotatable bonds is 5. The van der Waals surface area contributed by atoms with Crippen LogP contribution >= 0.6 is 11.3 Å². The second kappa shape index (κ2) is 4.75. The first kappa shape index (κ1) is 11.5. The summed E-state index contributed by atoms with van der Waals surface area (Å²) in [6.45, 7) is 7.04. The lowest BCUT2D eigenvalue weighted by Gasteiger charge is -2.26. The number of hydrogen-bond acceptors (Lipinski definition) is 4. The number of thiazole rings is 1. The Labute approximate surface area is 89.7 Å². The van der Waals surface area contributed by atoms with Crippen LogP contribution in [0.25, 0.3) is 0 Å². The van der Waals surface area contributed by atoms with Gasteiger partial charge in [0.15, 0.2) is 5.13 Å². The molecule has 0 aliphatic heterocycles. The van der Waals surface area contributed by atoms with E-state index in [9.17, 15) is 0 Å². The molecule has 0 atom stereocenters. The molecule has 0 spiro atoms. The molecule has 0 aromatic carbocycles. The summed E-state index contributed by atoms with van der Waals surface area (Å²) in [5.41, 5.74) is 7.13. The smallest absolute Gasteiger partial charge is 0.182 e. The third-order valence-corrected chi connectivity index (χ3v) is 3.54. The molecule has 0 saturated carbocycles. The van der Waals surface area contributed by atoms with Crippen LogP contribution in [0.2, 0.25) is 0 Å². The first-order valence-corrected chi connectivity index (χ1v) is 5.92. The lowest BCUT2D eigenvalue weighted by Crippen LogP contribution is -2.45. The molecule has 14 heavy (non-hydrogen) atoms. The molecular formula is C10H19N3S. The molecule has 0 aliphatic rings. The van der Waals surface area contributed by atoms with E-state index >= 15 is 0 Å². The van der Waals surface area contributed by atoms with Gasteiger partial charge in [-0.2, -0.15) is 0 Å². The molecule has 0 unspecified atom stereocenters. The molecule has 1 heterocycles. The first-order valence-electron chi connectivity index (χ1n) is 5.04. The van der Waals surface area contributed by atoms with Gasteiger partial charge in [0.2, 0.25) is 0 Å². The standard InChI is InChI=1S/C10H19N3S/c1-4-10(11,5-2)7-12-9-13-8(3)6-14-9/h6H,4-5,7,11H2,1-3H3,(H,12,13). The normalized spacial score (nSPS) is 11.7. The topological polar surface area (TPSA) is 50.9 Å². The summed E-state index contributed by atoms with van der Waals surface area (Å²) in [5, 5.41) is 6.30. The Morgan fingerprint density at radius 3 is 2.57 bits per heavy atom. The lowest BCUT2D eigenvalue weighted by molar-refractivity contribution is 0.418. The minimum absolute atomic E-state index is 0.0976. The molecule has 4 heteroatoms. The molecule has 0 bridgehead atoms. The Bertz CT molecular complexity index is 279. The van der Waals surface area contributed by atoms with E-state index in [1.165, 1.54) is 0 Å². The molecule has 3 N–H and O–H groups in total. The fourth-order valence-electron chi connectivity index (χ4n) is 1.19. The highest BCUT2D eigenvalue weighted by atomic mass is 32.1. The van der Waals surface area contributed by atoms with Gasteiger partial charge in [0.05, 0.1) is 5.69 Å². The van der Waals surface area contributed by atoms with Gasteiger partial charge in [0.1, 0.15) is 0 Å². The van der Waals surface area contributed by atoms with Crippen molar-refractivity contribution in [3.8, 4) is 0 Å². The highest BCUT2D eigenvalue weighted by molar-refractivity contribution is 7.13. The molecule has 0 fully saturated rings. The summed E-state index contributed by atoms with van der Waals surface area (Å²) >= 11 is 1.63. The van der Waals surface area contributed by atoms with Crippen LogP contribution in [-0.2, 0) is 0 Å². The quantitative estimate of drug-likeness (QED) is 0.789. The summed E-state index contributed by atoms with van der Waals surface area (Å²) in [6, 6.07) is 0. The van der Waals surface area contributed by atoms with E-state index in [0.29, 0.717) is 0 Å². The fourth-order valence-corrected chi connectivity index (χ4v) is 1.87. The van der Waals surface area contributed by atoms with Crippen molar-refractivity contribution >= 4 is 16.5 Å². The number of anilines is 1. The highest BCUT2D eigenvalue weighted by Crippen LogP contribution is 2.17. The largest absolute Gasteiger partial charge is 0.360 e. The van der Waals surface area contributed by atoms with Crippen molar-refractivity contribution in [2.75, 3.05) is 11.9 Å². The van der Waals surface area contributed by atoms with Gasteiger partial charge in [-0.25, -0.2) is 4.98 Å². The molecule has 0 amide bonds. The maximum absolute atomic E-state index is 6.17. The average Bonchev–Trinajstić information content (AvgIpc) is 2.61. The Hall–Kier alpha value is -0.610. The van der Waals surface area contributed by atoms with Crippen LogP contribution in [0.3, 0.4) is 0 Å². The number of nitrogens with two attached hydrogens (primary N) is 1. The predicted molar refractivity (Wildman–Crippen MR) is 62.8 cm³/mol. The van der Waals surface area contributed by atoms with Crippen molar-refractivity contribution in [3.63, 3.8) is 0 Å². The SMILES string of the molecule is CCC(N)(CC)CNc1nc(C)cs1. The Kier molecular flexibility index (Phi) is 3.89. The van der Waals surface area contributed by atoms with Crippen LogP contribution in [0.4, 0.5) is 5.13 Å². The van der Waals surface area contributed by atoms with Gasteiger partial charge in [0, 0.05) is 17.5 Å². The van der Waals surface area contributed by atoms with Crippen LogP contribution in [0.1, 0.15) is 32.4 Å². The summed E-state index contributed by atoms with van der Waals surface area (Å²) < 4.78 is 0. The lowest BCUT2D eigenvalue weighted by atomic mass is 9.94. The van der Waals surface area contributed by atoms with Gasteiger partial charge in [-0.15, -0.1) is 11.3 Å². The van der Waals surface area contributed by atoms with Crippen LogP contribution in [0.5, 0.6) is 0 Å². The Morgan fingerprint density at radius 1 is 1.50 bits per heavy atom. The number of aryl methyl sites for hydroxylation is 1. The van der Waals surface area contributed by atoms with E-state index in [0.717, 1.165) is 30.2 Å². The van der Waals surface area contributed by atoms with E-state index in [4.69, 9.17) is 5.73 Å². The van der Waals surface area contributed by atoms with Gasteiger partial charge in [0.25, 0.3) is 0 Å². The van der Waals surface area contributed by atoms with Gasteiger partial charge in [-0.1, -0.05) is 13.8 Å². The van der Waals surface area contributed by atoms with Crippen molar-refractivity contribution in [2.24, 2.45) is 5.73 Å². The van der Waals surface area contributed by atoms with Crippen LogP contribution in [0, 0.1) is 6.92 Å². The molecule has 80 valence electrons. The second-order valence-corrected chi connectivity index (χ2v) is 4.58. The monoisotopic (exact) mass is 213 g/mol. The van der Waals surface area contributed by atoms with E-state index in [2.05, 4.69) is 24.1 Å². The Morgan fingerprint density at radius 2 is 2.14 bits per heavy atom. The van der Waals surface area contributed by atoms with E-state index in [-0.39, 0.29) is 5.54 Å². The van der Waals surface area contributed by atoms with Crippen molar-refractivity contribution in [2.45, 2.75) is 39.2 Å². The molecule has 0 aliphatic carbocycles. The fraction of sp³-hybridized carbons (Fsp3) is 0.700. The zero-order valence-electron chi connectivity index (χ0n) is 9.13. The number of nitrogens with zero attached hydrogens (tertiary/aromatic N) is 1. The summed E-state index contributed by atoms with van der Waals surface area (Å²) in [4.78, 5) is 4.33. The van der Waals surface area contributed by atoms with Crippen LogP contribution in [0.15, 0.2) is 5.38 Å². The summed E-state index contributed by atoms with van der Waals surface area (Å²) in [7, 11) is 0. The zero-order valence-corrected chi connectivity index (χ0v) is 9.95. The molecular weight excluding hydrogens is 194 g/mol. The second-order valence-electron chi connectivity index (χ2n) is 3.72. The predicted octanol–water partition coefficient (Wildman–Crippen LogP) is 2.38. The van der Waals surface area contributed by atoms with Gasteiger partial charge in [-0.05, 0) is 19.8 Å². The van der Waals surface area contributed by atoms with E-state index in [1.54, 1.807) is 11.3 Å². The molecule has 1 aromatic rings. The number of nitrogens with one attached hydrogen (secondary N) is 1. The van der Waals surface area contributed by atoms with Crippen molar-refractivity contribution in [3.05, 3.63) is 11.1 Å². The zero-order chi connectivity index (χ0) is 10.6. The van der Waals surface area contributed by atoms with Crippen LogP contribution < -0.4 is 11.1 Å². The third-order valence-electron chi connectivity index (χ3n) is 2.62. The van der Waals surface area contributed by atoms with Crippen molar-refractivity contribution in [1.82, 2.24) is 4.98 Å². The molecule has 1 rings (SSSR count). The molecule has 3 nitrogen and oxygen atoms in total. The number of aromatic nitrogens is 1.